The van der Waals surface area contributed by atoms with Crippen molar-refractivity contribution in [2.45, 2.75) is 6.10 Å². The number of ether oxygens (including phenoxy) is 1. The first-order valence-corrected chi connectivity index (χ1v) is 11.1. The van der Waals surface area contributed by atoms with E-state index in [0.29, 0.717) is 23.6 Å². The Kier molecular flexibility index (Phi) is 6.24. The molecule has 3 aromatic carbocycles. The second-order valence-electron chi connectivity index (χ2n) is 8.29. The van der Waals surface area contributed by atoms with Gasteiger partial charge in [-0.3, -0.25) is 4.90 Å². The van der Waals surface area contributed by atoms with Gasteiger partial charge in [0.25, 0.3) is 0 Å². The Bertz CT molecular complexity index is 1190. The maximum atomic E-state index is 13.4. The number of para-hydroxylation sites is 1. The van der Waals surface area contributed by atoms with Crippen molar-refractivity contribution >= 4 is 16.6 Å². The van der Waals surface area contributed by atoms with Gasteiger partial charge in [-0.1, -0.05) is 23.4 Å². The summed E-state index contributed by atoms with van der Waals surface area (Å²) in [5.74, 6) is 0.913. The monoisotopic (exact) mass is 447 g/mol. The number of hydrogen-bond acceptors (Lipinski definition) is 6. The summed E-state index contributed by atoms with van der Waals surface area (Å²) in [6.45, 7) is 4.53. The SMILES string of the molecule is O[C@H](COc1ccc(-c2onc3cc(F)ccc23)cc1)CN1CCN(c2ccccc2)CC1. The number of aromatic nitrogens is 1. The van der Waals surface area contributed by atoms with E-state index < -0.39 is 6.10 Å². The molecule has 0 amide bonds. The molecule has 7 heteroatoms. The van der Waals surface area contributed by atoms with Crippen LogP contribution in [0.15, 0.2) is 77.3 Å². The van der Waals surface area contributed by atoms with Gasteiger partial charge in [0.05, 0.1) is 0 Å². The maximum absolute atomic E-state index is 13.4. The van der Waals surface area contributed by atoms with Crippen LogP contribution in [0.5, 0.6) is 5.75 Å². The van der Waals surface area contributed by atoms with Crippen LogP contribution in [0.25, 0.3) is 22.2 Å². The van der Waals surface area contributed by atoms with Gasteiger partial charge < -0.3 is 19.3 Å². The Morgan fingerprint density at radius 2 is 1.73 bits per heavy atom. The van der Waals surface area contributed by atoms with Crippen molar-refractivity contribution in [2.75, 3.05) is 44.2 Å². The van der Waals surface area contributed by atoms with Gasteiger partial charge in [0, 0.05) is 55.4 Å². The first-order chi connectivity index (χ1) is 16.2. The van der Waals surface area contributed by atoms with E-state index in [0.717, 1.165) is 37.1 Å². The molecule has 0 aliphatic carbocycles. The molecule has 1 aliphatic rings. The molecule has 1 fully saturated rings. The van der Waals surface area contributed by atoms with Gasteiger partial charge in [0.15, 0.2) is 5.76 Å². The van der Waals surface area contributed by atoms with Gasteiger partial charge in [-0.15, -0.1) is 0 Å². The van der Waals surface area contributed by atoms with E-state index in [1.807, 2.05) is 30.3 Å². The fourth-order valence-electron chi connectivity index (χ4n) is 4.20. The zero-order valence-corrected chi connectivity index (χ0v) is 18.2. The normalized spacial score (nSPS) is 15.6. The average molecular weight is 448 g/mol. The van der Waals surface area contributed by atoms with Crippen LogP contribution >= 0.6 is 0 Å². The number of hydrogen-bond donors (Lipinski definition) is 1. The lowest BCUT2D eigenvalue weighted by molar-refractivity contribution is 0.0663. The zero-order valence-electron chi connectivity index (χ0n) is 18.2. The quantitative estimate of drug-likeness (QED) is 0.458. The molecule has 0 bridgehead atoms. The molecule has 4 aromatic rings. The van der Waals surface area contributed by atoms with Crippen LogP contribution in [-0.2, 0) is 0 Å². The highest BCUT2D eigenvalue weighted by Gasteiger charge is 2.20. The minimum absolute atomic E-state index is 0.225. The molecule has 1 aliphatic heterocycles. The molecule has 170 valence electrons. The standard InChI is InChI=1S/C26H26FN3O3/c27-20-8-11-24-25(16-20)28-33-26(24)19-6-9-23(10-7-19)32-18-22(31)17-29-12-14-30(15-13-29)21-4-2-1-3-5-21/h1-11,16,22,31H,12-15,17-18H2/t22-/m0/s1. The van der Waals surface area contributed by atoms with Crippen molar-refractivity contribution in [2.24, 2.45) is 0 Å². The van der Waals surface area contributed by atoms with Crippen molar-refractivity contribution in [3.8, 4) is 17.1 Å². The molecule has 0 spiro atoms. The molecule has 1 atom stereocenters. The number of aliphatic hydroxyl groups excluding tert-OH is 1. The van der Waals surface area contributed by atoms with Crippen molar-refractivity contribution in [3.63, 3.8) is 0 Å². The fraction of sp³-hybridized carbons (Fsp3) is 0.269. The highest BCUT2D eigenvalue weighted by Crippen LogP contribution is 2.30. The first-order valence-electron chi connectivity index (χ1n) is 11.1. The van der Waals surface area contributed by atoms with Gasteiger partial charge in [0.1, 0.15) is 29.8 Å². The fourth-order valence-corrected chi connectivity index (χ4v) is 4.20. The highest BCUT2D eigenvalue weighted by atomic mass is 19.1. The Morgan fingerprint density at radius 3 is 2.48 bits per heavy atom. The van der Waals surface area contributed by atoms with Crippen LogP contribution in [0.4, 0.5) is 10.1 Å². The van der Waals surface area contributed by atoms with Crippen LogP contribution in [-0.4, -0.2) is 60.6 Å². The molecule has 1 aromatic heterocycles. The Labute approximate surface area is 191 Å². The van der Waals surface area contributed by atoms with Crippen LogP contribution in [0, 0.1) is 5.82 Å². The lowest BCUT2D eigenvalue weighted by atomic mass is 10.1. The summed E-state index contributed by atoms with van der Waals surface area (Å²) in [6.07, 6.45) is -0.568. The van der Waals surface area contributed by atoms with Crippen molar-refractivity contribution in [1.82, 2.24) is 10.1 Å². The van der Waals surface area contributed by atoms with E-state index in [9.17, 15) is 9.50 Å². The van der Waals surface area contributed by atoms with Crippen molar-refractivity contribution < 1.29 is 18.8 Å². The molecule has 5 rings (SSSR count). The summed E-state index contributed by atoms with van der Waals surface area (Å²) in [5.41, 5.74) is 2.56. The molecule has 1 saturated heterocycles. The number of rotatable bonds is 7. The second-order valence-corrected chi connectivity index (χ2v) is 8.29. The molecule has 2 heterocycles. The summed E-state index contributed by atoms with van der Waals surface area (Å²) >= 11 is 0. The van der Waals surface area contributed by atoms with E-state index >= 15 is 0 Å². The molecule has 6 nitrogen and oxygen atoms in total. The smallest absolute Gasteiger partial charge is 0.174 e. The first kappa shape index (κ1) is 21.4. The van der Waals surface area contributed by atoms with E-state index in [1.165, 1.54) is 17.8 Å². The zero-order chi connectivity index (χ0) is 22.6. The van der Waals surface area contributed by atoms with E-state index in [2.05, 4.69) is 39.2 Å². The van der Waals surface area contributed by atoms with Crippen LogP contribution < -0.4 is 9.64 Å². The second kappa shape index (κ2) is 9.60. The summed E-state index contributed by atoms with van der Waals surface area (Å²) in [7, 11) is 0. The van der Waals surface area contributed by atoms with Gasteiger partial charge in [0.2, 0.25) is 0 Å². The van der Waals surface area contributed by atoms with Gasteiger partial charge in [-0.2, -0.15) is 0 Å². The molecule has 0 unspecified atom stereocenters. The maximum Gasteiger partial charge on any atom is 0.174 e. The number of aliphatic hydroxyl groups is 1. The van der Waals surface area contributed by atoms with Crippen LogP contribution in [0.2, 0.25) is 0 Å². The largest absolute Gasteiger partial charge is 0.491 e. The minimum atomic E-state index is -0.568. The van der Waals surface area contributed by atoms with Crippen molar-refractivity contribution in [3.05, 3.63) is 78.6 Å². The third kappa shape index (κ3) is 4.99. The van der Waals surface area contributed by atoms with E-state index in [4.69, 9.17) is 9.26 Å². The number of anilines is 1. The van der Waals surface area contributed by atoms with E-state index in [-0.39, 0.29) is 12.4 Å². The molecule has 0 saturated carbocycles. The number of benzene rings is 3. The van der Waals surface area contributed by atoms with Crippen molar-refractivity contribution in [1.29, 1.82) is 0 Å². The molecular weight excluding hydrogens is 421 g/mol. The Hall–Kier alpha value is -3.42. The summed E-state index contributed by atoms with van der Waals surface area (Å²) < 4.78 is 24.6. The molecular formula is C26H26FN3O3. The van der Waals surface area contributed by atoms with Crippen LogP contribution in [0.3, 0.4) is 0 Å². The highest BCUT2D eigenvalue weighted by molar-refractivity contribution is 5.91. The molecule has 33 heavy (non-hydrogen) atoms. The van der Waals surface area contributed by atoms with Gasteiger partial charge >= 0.3 is 0 Å². The average Bonchev–Trinajstić information content (AvgIpc) is 3.27. The molecule has 1 N–H and O–H groups in total. The van der Waals surface area contributed by atoms with Crippen LogP contribution in [0.1, 0.15) is 0 Å². The Balaban J connectivity index is 1.11. The Morgan fingerprint density at radius 1 is 0.970 bits per heavy atom. The summed E-state index contributed by atoms with van der Waals surface area (Å²) in [6, 6.07) is 22.2. The summed E-state index contributed by atoms with van der Waals surface area (Å²) in [5, 5.41) is 15.1. The lowest BCUT2D eigenvalue weighted by Crippen LogP contribution is -2.49. The third-order valence-corrected chi connectivity index (χ3v) is 5.96. The topological polar surface area (TPSA) is 62.0 Å². The summed E-state index contributed by atoms with van der Waals surface area (Å²) in [4.78, 5) is 4.64. The number of β-amino-alcohol motifs (C(OH)–C–C–N with tert-alkyl or cyclic N) is 1. The number of piperazine rings is 1. The van der Waals surface area contributed by atoms with E-state index in [1.54, 1.807) is 6.07 Å². The predicted octanol–water partition coefficient (Wildman–Crippen LogP) is 4.20. The number of halogens is 1. The minimum Gasteiger partial charge on any atom is -0.491 e. The lowest BCUT2D eigenvalue weighted by Gasteiger charge is -2.36. The van der Waals surface area contributed by atoms with Gasteiger partial charge in [-0.05, 0) is 48.5 Å². The third-order valence-electron chi connectivity index (χ3n) is 5.96. The number of nitrogens with zero attached hydrogens (tertiary/aromatic N) is 3. The predicted molar refractivity (Wildman–Crippen MR) is 126 cm³/mol. The molecule has 0 radical (unpaired) electrons. The number of fused-ring (bicyclic) bond motifs is 1. The van der Waals surface area contributed by atoms with Gasteiger partial charge in [-0.25, -0.2) is 4.39 Å².